The Balaban J connectivity index is 1.06. The van der Waals surface area contributed by atoms with Gasteiger partial charge in [0.2, 0.25) is 0 Å². The van der Waals surface area contributed by atoms with Crippen LogP contribution in [0.5, 0.6) is 0 Å². The summed E-state index contributed by atoms with van der Waals surface area (Å²) in [5, 5.41) is 4.97. The third-order valence-corrected chi connectivity index (χ3v) is 11.5. The first-order valence-electron chi connectivity index (χ1n) is 18.8. The lowest BCUT2D eigenvalue weighted by Crippen LogP contribution is -2.14. The van der Waals surface area contributed by atoms with Crippen molar-refractivity contribution in [1.29, 1.82) is 0 Å². The largest absolute Gasteiger partial charge is 0.310 e. The quantitative estimate of drug-likeness (QED) is 0.168. The minimum Gasteiger partial charge on any atom is -0.310 e. The second kappa shape index (κ2) is 12.8. The molecule has 9 aromatic rings. The third kappa shape index (κ3) is 5.24. The lowest BCUT2D eigenvalue weighted by atomic mass is 9.82. The van der Waals surface area contributed by atoms with E-state index < -0.39 is 0 Å². The minimum atomic E-state index is -0.0334. The molecule has 0 radical (unpaired) electrons. The van der Waals surface area contributed by atoms with Crippen molar-refractivity contribution in [2.45, 2.75) is 19.3 Å². The van der Waals surface area contributed by atoms with Gasteiger partial charge in [-0.2, -0.15) is 0 Å². The Morgan fingerprint density at radius 2 is 0.889 bits per heavy atom. The number of benzene rings is 9. The Morgan fingerprint density at radius 3 is 1.70 bits per heavy atom. The van der Waals surface area contributed by atoms with Crippen LogP contribution in [0.25, 0.3) is 66.1 Å². The SMILES string of the molecule is CC1(C)c2ccccc2-c2c(-c3ccc(N(c4cccc(-c5ccc(-c6cccc7ccccc67)cc5)c4)c4cccc5ccccc45)cc3)cccc21. The predicted octanol–water partition coefficient (Wildman–Crippen LogP) is 14.8. The summed E-state index contributed by atoms with van der Waals surface area (Å²) < 4.78 is 0. The van der Waals surface area contributed by atoms with E-state index in [9.17, 15) is 0 Å². The molecule has 256 valence electrons. The molecule has 0 saturated carbocycles. The van der Waals surface area contributed by atoms with E-state index in [4.69, 9.17) is 0 Å². The standard InChI is InChI=1S/C53H39N/c1-53(2)49-24-8-7-21-48(49)52-47(23-12-25-50(52)53)40-31-33-42(34-32-40)54(51-26-11-16-38-14-4-6-20-46(38)51)43-18-9-17-41(35-43)36-27-29-39(30-28-36)45-22-10-15-37-13-3-5-19-44(37)45/h3-35H,1-2H3. The lowest BCUT2D eigenvalue weighted by molar-refractivity contribution is 0.660. The highest BCUT2D eigenvalue weighted by atomic mass is 15.1. The van der Waals surface area contributed by atoms with Crippen LogP contribution in [0.1, 0.15) is 25.0 Å². The molecule has 0 atom stereocenters. The highest BCUT2D eigenvalue weighted by Crippen LogP contribution is 2.52. The monoisotopic (exact) mass is 689 g/mol. The lowest BCUT2D eigenvalue weighted by Gasteiger charge is -2.27. The van der Waals surface area contributed by atoms with Gasteiger partial charge in [-0.25, -0.2) is 0 Å². The van der Waals surface area contributed by atoms with E-state index in [0.29, 0.717) is 0 Å². The summed E-state index contributed by atoms with van der Waals surface area (Å²) in [5.74, 6) is 0. The molecule has 0 spiro atoms. The Bertz CT molecular complexity index is 2830. The summed E-state index contributed by atoms with van der Waals surface area (Å²) in [6, 6.07) is 73.3. The van der Waals surface area contributed by atoms with Crippen LogP contribution in [0, 0.1) is 0 Å². The summed E-state index contributed by atoms with van der Waals surface area (Å²) in [6.45, 7) is 4.69. The summed E-state index contributed by atoms with van der Waals surface area (Å²) in [5.41, 5.74) is 16.2. The average Bonchev–Trinajstić information content (AvgIpc) is 3.47. The fourth-order valence-corrected chi connectivity index (χ4v) is 8.76. The van der Waals surface area contributed by atoms with Gasteiger partial charge >= 0.3 is 0 Å². The zero-order valence-electron chi connectivity index (χ0n) is 30.5. The van der Waals surface area contributed by atoms with Crippen molar-refractivity contribution in [1.82, 2.24) is 0 Å². The van der Waals surface area contributed by atoms with Crippen molar-refractivity contribution < 1.29 is 0 Å². The van der Waals surface area contributed by atoms with E-state index >= 15 is 0 Å². The Kier molecular flexibility index (Phi) is 7.56. The van der Waals surface area contributed by atoms with Crippen LogP contribution in [-0.2, 0) is 5.41 Å². The van der Waals surface area contributed by atoms with Gasteiger partial charge in [-0.05, 0) is 102 Å². The van der Waals surface area contributed by atoms with Crippen molar-refractivity contribution in [3.63, 3.8) is 0 Å². The molecule has 0 N–H and O–H groups in total. The fourth-order valence-electron chi connectivity index (χ4n) is 8.76. The van der Waals surface area contributed by atoms with Gasteiger partial charge in [-0.3, -0.25) is 0 Å². The molecule has 0 unspecified atom stereocenters. The van der Waals surface area contributed by atoms with Crippen molar-refractivity contribution in [2.75, 3.05) is 4.90 Å². The van der Waals surface area contributed by atoms with Crippen LogP contribution in [-0.4, -0.2) is 0 Å². The second-order valence-electron chi connectivity index (χ2n) is 14.9. The molecule has 10 rings (SSSR count). The third-order valence-electron chi connectivity index (χ3n) is 11.5. The molecule has 0 fully saturated rings. The maximum absolute atomic E-state index is 2.41. The smallest absolute Gasteiger partial charge is 0.0540 e. The van der Waals surface area contributed by atoms with Crippen LogP contribution in [0.2, 0.25) is 0 Å². The van der Waals surface area contributed by atoms with Gasteiger partial charge in [-0.1, -0.05) is 184 Å². The maximum Gasteiger partial charge on any atom is 0.0540 e. The van der Waals surface area contributed by atoms with Gasteiger partial charge in [0, 0.05) is 22.2 Å². The molecule has 0 aliphatic heterocycles. The van der Waals surface area contributed by atoms with Gasteiger partial charge < -0.3 is 4.90 Å². The molecule has 0 saturated heterocycles. The first-order chi connectivity index (χ1) is 26.5. The predicted molar refractivity (Wildman–Crippen MR) is 230 cm³/mol. The van der Waals surface area contributed by atoms with Crippen molar-refractivity contribution >= 4 is 38.6 Å². The van der Waals surface area contributed by atoms with E-state index in [2.05, 4.69) is 219 Å². The van der Waals surface area contributed by atoms with Gasteiger partial charge in [-0.15, -0.1) is 0 Å². The molecular weight excluding hydrogens is 651 g/mol. The zero-order valence-corrected chi connectivity index (χ0v) is 30.5. The molecule has 0 bridgehead atoms. The van der Waals surface area contributed by atoms with Gasteiger partial charge in [0.15, 0.2) is 0 Å². The molecule has 0 amide bonds. The van der Waals surface area contributed by atoms with Gasteiger partial charge in [0.25, 0.3) is 0 Å². The minimum absolute atomic E-state index is 0.0334. The van der Waals surface area contributed by atoms with Crippen molar-refractivity contribution in [2.24, 2.45) is 0 Å². The normalized spacial score (nSPS) is 12.8. The Morgan fingerprint density at radius 1 is 0.352 bits per heavy atom. The molecule has 0 aromatic heterocycles. The van der Waals surface area contributed by atoms with Crippen LogP contribution in [0.3, 0.4) is 0 Å². The highest BCUT2D eigenvalue weighted by molar-refractivity contribution is 6.00. The fraction of sp³-hybridized carbons (Fsp3) is 0.0566. The van der Waals surface area contributed by atoms with E-state index in [0.717, 1.165) is 17.1 Å². The van der Waals surface area contributed by atoms with Crippen molar-refractivity contribution in [3.05, 3.63) is 211 Å². The van der Waals surface area contributed by atoms with E-state index in [1.165, 1.54) is 77.2 Å². The molecule has 1 aliphatic rings. The number of fused-ring (bicyclic) bond motifs is 5. The highest BCUT2D eigenvalue weighted by Gasteiger charge is 2.36. The Hall–Kier alpha value is -6.70. The number of hydrogen-bond donors (Lipinski definition) is 0. The van der Waals surface area contributed by atoms with E-state index in [1.54, 1.807) is 0 Å². The van der Waals surface area contributed by atoms with E-state index in [1.807, 2.05) is 0 Å². The molecule has 1 nitrogen and oxygen atoms in total. The first-order valence-corrected chi connectivity index (χ1v) is 18.8. The number of hydrogen-bond acceptors (Lipinski definition) is 1. The molecule has 9 aromatic carbocycles. The maximum atomic E-state index is 2.41. The zero-order chi connectivity index (χ0) is 36.2. The number of rotatable bonds is 6. The van der Waals surface area contributed by atoms with Gasteiger partial charge in [0.05, 0.1) is 5.69 Å². The molecule has 1 aliphatic carbocycles. The molecule has 0 heterocycles. The second-order valence-corrected chi connectivity index (χ2v) is 14.9. The molecule has 1 heteroatoms. The van der Waals surface area contributed by atoms with Crippen LogP contribution < -0.4 is 4.90 Å². The summed E-state index contributed by atoms with van der Waals surface area (Å²) in [7, 11) is 0. The van der Waals surface area contributed by atoms with Crippen LogP contribution in [0.4, 0.5) is 17.1 Å². The number of nitrogens with zero attached hydrogens (tertiary/aromatic N) is 1. The molecular formula is C53H39N. The topological polar surface area (TPSA) is 3.24 Å². The van der Waals surface area contributed by atoms with Gasteiger partial charge in [0.1, 0.15) is 0 Å². The first kappa shape index (κ1) is 32.0. The molecule has 54 heavy (non-hydrogen) atoms. The van der Waals surface area contributed by atoms with E-state index in [-0.39, 0.29) is 5.41 Å². The van der Waals surface area contributed by atoms with Crippen molar-refractivity contribution in [3.8, 4) is 44.5 Å². The van der Waals surface area contributed by atoms with Crippen LogP contribution >= 0.6 is 0 Å². The average molecular weight is 690 g/mol. The number of anilines is 3. The summed E-state index contributed by atoms with van der Waals surface area (Å²) in [6.07, 6.45) is 0. The van der Waals surface area contributed by atoms with Crippen LogP contribution in [0.15, 0.2) is 200 Å². The summed E-state index contributed by atoms with van der Waals surface area (Å²) in [4.78, 5) is 2.41. The summed E-state index contributed by atoms with van der Waals surface area (Å²) >= 11 is 0. The Labute approximate surface area is 317 Å².